The first-order valence-corrected chi connectivity index (χ1v) is 8.15. The average molecular weight is 348 g/mol. The van der Waals surface area contributed by atoms with Crippen LogP contribution in [0.25, 0.3) is 0 Å². The van der Waals surface area contributed by atoms with Gasteiger partial charge in [-0.3, -0.25) is 4.79 Å². The van der Waals surface area contributed by atoms with Gasteiger partial charge in [-0.15, -0.1) is 0 Å². The molecule has 0 atom stereocenters. The number of benzene rings is 1. The highest BCUT2D eigenvalue weighted by molar-refractivity contribution is 6.30. The molecule has 1 aromatic heterocycles. The van der Waals surface area contributed by atoms with Crippen LogP contribution in [0.15, 0.2) is 36.7 Å². The van der Waals surface area contributed by atoms with Crippen molar-refractivity contribution in [3.8, 4) is 0 Å². The summed E-state index contributed by atoms with van der Waals surface area (Å²) in [6.07, 6.45) is 3.96. The molecule has 2 aromatic rings. The lowest BCUT2D eigenvalue weighted by molar-refractivity contribution is 0.0951. The Bertz CT molecular complexity index is 643. The topological polar surface area (TPSA) is 70.2 Å². The lowest BCUT2D eigenvalue weighted by atomic mass is 10.2. The Morgan fingerprint density at radius 2 is 1.83 bits per heavy atom. The number of anilines is 1. The lowest BCUT2D eigenvalue weighted by Crippen LogP contribution is -2.27. The van der Waals surface area contributed by atoms with Gasteiger partial charge in [0.25, 0.3) is 5.91 Å². The van der Waals surface area contributed by atoms with Gasteiger partial charge in [0, 0.05) is 30.5 Å². The maximum atomic E-state index is 12.0. The molecule has 6 nitrogen and oxygen atoms in total. The van der Waals surface area contributed by atoms with Gasteiger partial charge in [0.1, 0.15) is 0 Å². The van der Waals surface area contributed by atoms with E-state index in [0.29, 0.717) is 29.6 Å². The molecule has 128 valence electrons. The van der Waals surface area contributed by atoms with E-state index in [-0.39, 0.29) is 5.91 Å². The highest BCUT2D eigenvalue weighted by atomic mass is 35.5. The van der Waals surface area contributed by atoms with Crippen LogP contribution in [0.1, 0.15) is 22.3 Å². The Balaban J connectivity index is 1.79. The summed E-state index contributed by atoms with van der Waals surface area (Å²) >= 11 is 5.85. The zero-order chi connectivity index (χ0) is 17.4. The van der Waals surface area contributed by atoms with E-state index >= 15 is 0 Å². The van der Waals surface area contributed by atoms with Crippen molar-refractivity contribution in [3.05, 3.63) is 52.8 Å². The summed E-state index contributed by atoms with van der Waals surface area (Å²) in [5.41, 5.74) is 1.53. The van der Waals surface area contributed by atoms with E-state index < -0.39 is 0 Å². The molecule has 2 N–H and O–H groups in total. The molecule has 0 aliphatic rings. The normalized spacial score (nSPS) is 10.7. The van der Waals surface area contributed by atoms with Crippen LogP contribution in [0.4, 0.5) is 5.95 Å². The van der Waals surface area contributed by atoms with Crippen LogP contribution < -0.4 is 10.6 Å². The Morgan fingerprint density at radius 1 is 1.17 bits per heavy atom. The molecule has 0 fully saturated rings. The molecule has 0 spiro atoms. The Labute approximate surface area is 147 Å². The number of rotatable bonds is 8. The van der Waals surface area contributed by atoms with Crippen LogP contribution in [0, 0.1) is 0 Å². The minimum Gasteiger partial charge on any atom is -0.352 e. The molecule has 0 aliphatic heterocycles. The van der Waals surface area contributed by atoms with Gasteiger partial charge in [0.2, 0.25) is 5.95 Å². The largest absolute Gasteiger partial charge is 0.352 e. The number of nitrogens with zero attached hydrogens (tertiary/aromatic N) is 3. The van der Waals surface area contributed by atoms with E-state index in [0.717, 1.165) is 18.5 Å². The van der Waals surface area contributed by atoms with E-state index in [4.69, 9.17) is 11.6 Å². The first-order valence-electron chi connectivity index (χ1n) is 7.78. The molecule has 24 heavy (non-hydrogen) atoms. The van der Waals surface area contributed by atoms with E-state index in [1.54, 1.807) is 0 Å². The highest BCUT2D eigenvalue weighted by Gasteiger charge is 2.06. The number of hydrogen-bond acceptors (Lipinski definition) is 5. The van der Waals surface area contributed by atoms with E-state index in [9.17, 15) is 4.79 Å². The second-order valence-corrected chi connectivity index (χ2v) is 6.12. The predicted molar refractivity (Wildman–Crippen MR) is 96.3 cm³/mol. The fourth-order valence-electron chi connectivity index (χ4n) is 2.02. The van der Waals surface area contributed by atoms with E-state index in [1.807, 2.05) is 38.4 Å². The predicted octanol–water partition coefficient (Wildman–Crippen LogP) is 2.42. The summed E-state index contributed by atoms with van der Waals surface area (Å²) in [4.78, 5) is 22.4. The third-order valence-electron chi connectivity index (χ3n) is 3.35. The van der Waals surface area contributed by atoms with Crippen LogP contribution in [-0.2, 0) is 6.54 Å². The third kappa shape index (κ3) is 6.14. The van der Waals surface area contributed by atoms with Crippen LogP contribution in [-0.4, -0.2) is 48.0 Å². The Morgan fingerprint density at radius 3 is 2.46 bits per heavy atom. The molecular weight excluding hydrogens is 326 g/mol. The zero-order valence-electron chi connectivity index (χ0n) is 13.9. The highest BCUT2D eigenvalue weighted by Crippen LogP contribution is 2.10. The van der Waals surface area contributed by atoms with Crippen molar-refractivity contribution in [2.24, 2.45) is 0 Å². The Hall–Kier alpha value is -2.18. The smallest absolute Gasteiger partial charge is 0.254 e. The van der Waals surface area contributed by atoms with Crippen molar-refractivity contribution in [1.29, 1.82) is 0 Å². The summed E-state index contributed by atoms with van der Waals surface area (Å²) in [6, 6.07) is 7.54. The van der Waals surface area contributed by atoms with Crippen LogP contribution in [0.3, 0.4) is 0 Å². The molecule has 1 amide bonds. The summed E-state index contributed by atoms with van der Waals surface area (Å²) in [5, 5.41) is 6.67. The number of aromatic nitrogens is 2. The van der Waals surface area contributed by atoms with Crippen molar-refractivity contribution < 1.29 is 4.79 Å². The van der Waals surface area contributed by atoms with Gasteiger partial charge < -0.3 is 15.5 Å². The molecule has 0 bridgehead atoms. The molecule has 0 saturated carbocycles. The fraction of sp³-hybridized carbons (Fsp3) is 0.353. The molecule has 0 radical (unpaired) electrons. The Kier molecular flexibility index (Phi) is 6.96. The minimum absolute atomic E-state index is 0.155. The SMILES string of the molecule is CN(C)CCCNC(=O)c1cnc(NCc2ccc(Cl)cc2)nc1. The quantitative estimate of drug-likeness (QED) is 0.718. The van der Waals surface area contributed by atoms with Gasteiger partial charge in [0.15, 0.2) is 0 Å². The molecule has 1 heterocycles. The second kappa shape index (κ2) is 9.20. The third-order valence-corrected chi connectivity index (χ3v) is 3.60. The van der Waals surface area contributed by atoms with Crippen molar-refractivity contribution >= 4 is 23.5 Å². The molecule has 1 aromatic carbocycles. The summed E-state index contributed by atoms with van der Waals surface area (Å²) in [7, 11) is 4.01. The van der Waals surface area contributed by atoms with Gasteiger partial charge in [-0.25, -0.2) is 9.97 Å². The zero-order valence-corrected chi connectivity index (χ0v) is 14.7. The monoisotopic (exact) mass is 347 g/mol. The fourth-order valence-corrected chi connectivity index (χ4v) is 2.15. The van der Waals surface area contributed by atoms with Crippen LogP contribution in [0.5, 0.6) is 0 Å². The van der Waals surface area contributed by atoms with Crippen molar-refractivity contribution in [2.45, 2.75) is 13.0 Å². The maximum absolute atomic E-state index is 12.0. The van der Waals surface area contributed by atoms with Gasteiger partial charge >= 0.3 is 0 Å². The molecule has 2 rings (SSSR count). The van der Waals surface area contributed by atoms with Gasteiger partial charge in [-0.05, 0) is 44.8 Å². The van der Waals surface area contributed by atoms with E-state index in [2.05, 4.69) is 25.5 Å². The number of amides is 1. The van der Waals surface area contributed by atoms with Gasteiger partial charge in [-0.2, -0.15) is 0 Å². The van der Waals surface area contributed by atoms with Crippen molar-refractivity contribution in [3.63, 3.8) is 0 Å². The summed E-state index contributed by atoms with van der Waals surface area (Å²) in [5.74, 6) is 0.326. The maximum Gasteiger partial charge on any atom is 0.254 e. The summed E-state index contributed by atoms with van der Waals surface area (Å²) in [6.45, 7) is 2.16. The van der Waals surface area contributed by atoms with Crippen LogP contribution in [0.2, 0.25) is 5.02 Å². The standard InChI is InChI=1S/C17H22ClN5O/c1-23(2)9-3-8-19-16(24)14-11-21-17(22-12-14)20-10-13-4-6-15(18)7-5-13/h4-7,11-12H,3,8-10H2,1-2H3,(H,19,24)(H,20,21,22). The molecule has 0 saturated heterocycles. The molecule has 7 heteroatoms. The second-order valence-electron chi connectivity index (χ2n) is 5.69. The van der Waals surface area contributed by atoms with Crippen molar-refractivity contribution in [1.82, 2.24) is 20.2 Å². The lowest BCUT2D eigenvalue weighted by Gasteiger charge is -2.10. The minimum atomic E-state index is -0.155. The molecular formula is C17H22ClN5O. The number of hydrogen-bond donors (Lipinski definition) is 2. The number of carbonyl (C=O) groups excluding carboxylic acids is 1. The van der Waals surface area contributed by atoms with Crippen molar-refractivity contribution in [2.75, 3.05) is 32.5 Å². The number of carbonyl (C=O) groups is 1. The summed E-state index contributed by atoms with van der Waals surface area (Å²) < 4.78 is 0. The number of halogens is 1. The van der Waals surface area contributed by atoms with Gasteiger partial charge in [-0.1, -0.05) is 23.7 Å². The van der Waals surface area contributed by atoms with Crippen LogP contribution >= 0.6 is 11.6 Å². The molecule has 0 unspecified atom stereocenters. The molecule has 0 aliphatic carbocycles. The first kappa shape index (κ1) is 18.2. The first-order chi connectivity index (χ1) is 11.5. The van der Waals surface area contributed by atoms with Gasteiger partial charge in [0.05, 0.1) is 5.56 Å². The average Bonchev–Trinajstić information content (AvgIpc) is 2.58. The van der Waals surface area contributed by atoms with E-state index in [1.165, 1.54) is 12.4 Å². The number of nitrogens with one attached hydrogen (secondary N) is 2.